The van der Waals surface area contributed by atoms with Gasteiger partial charge < -0.3 is 0 Å². The number of nitrogens with zero attached hydrogens (tertiary/aromatic N) is 4. The van der Waals surface area contributed by atoms with E-state index in [0.717, 1.165) is 41.7 Å². The minimum Gasteiger partial charge on any atom is -0.272 e. The number of carbonyl (C=O) groups excluding carboxylic acids is 1. The van der Waals surface area contributed by atoms with E-state index in [9.17, 15) is 4.79 Å². The van der Waals surface area contributed by atoms with Crippen LogP contribution >= 0.6 is 0 Å². The zero-order chi connectivity index (χ0) is 16.0. The van der Waals surface area contributed by atoms with Crippen molar-refractivity contribution in [2.24, 2.45) is 22.9 Å². The molecule has 1 aliphatic heterocycles. The monoisotopic (exact) mass is 308 g/mol. The van der Waals surface area contributed by atoms with Crippen LogP contribution in [0.25, 0.3) is 11.0 Å². The third-order valence-electron chi connectivity index (χ3n) is 5.09. The van der Waals surface area contributed by atoms with Gasteiger partial charge in [0.1, 0.15) is 5.52 Å². The van der Waals surface area contributed by atoms with Crippen LogP contribution in [0, 0.1) is 17.8 Å². The minimum atomic E-state index is -0.0527. The van der Waals surface area contributed by atoms with E-state index in [2.05, 4.69) is 28.9 Å². The molecule has 1 aliphatic carbocycles. The molecule has 2 aromatic rings. The lowest BCUT2D eigenvalue weighted by Gasteiger charge is -2.28. The molecule has 2 aromatic heterocycles. The summed E-state index contributed by atoms with van der Waals surface area (Å²) in [4.78, 5) is 21.6. The van der Waals surface area contributed by atoms with Gasteiger partial charge in [0.2, 0.25) is 0 Å². The standard InChI is InChI=1S/C18H20N4O/c1-11(2)12-5-6-14-13(10-12)18(23)22(21-14)16-7-9-19-15-4-3-8-20-17(15)16/h3-4,7-9,11-13H,5-6,10H2,1-2H3. The van der Waals surface area contributed by atoms with Gasteiger partial charge in [-0.25, -0.2) is 0 Å². The van der Waals surface area contributed by atoms with Crippen LogP contribution in [-0.4, -0.2) is 21.6 Å². The summed E-state index contributed by atoms with van der Waals surface area (Å²) in [6, 6.07) is 5.58. The lowest BCUT2D eigenvalue weighted by atomic mass is 9.75. The van der Waals surface area contributed by atoms with E-state index in [4.69, 9.17) is 0 Å². The van der Waals surface area contributed by atoms with Gasteiger partial charge in [0.05, 0.1) is 22.8 Å². The largest absolute Gasteiger partial charge is 0.272 e. The minimum absolute atomic E-state index is 0.0527. The predicted molar refractivity (Wildman–Crippen MR) is 90.1 cm³/mol. The van der Waals surface area contributed by atoms with Gasteiger partial charge in [-0.3, -0.25) is 14.8 Å². The second kappa shape index (κ2) is 5.41. The maximum atomic E-state index is 12.9. The molecule has 0 aromatic carbocycles. The first-order valence-electron chi connectivity index (χ1n) is 8.26. The zero-order valence-electron chi connectivity index (χ0n) is 13.4. The fourth-order valence-corrected chi connectivity index (χ4v) is 3.67. The van der Waals surface area contributed by atoms with E-state index in [1.54, 1.807) is 17.4 Å². The molecule has 4 rings (SSSR count). The van der Waals surface area contributed by atoms with Crippen molar-refractivity contribution in [3.8, 4) is 0 Å². The highest BCUT2D eigenvalue weighted by molar-refractivity contribution is 6.17. The highest BCUT2D eigenvalue weighted by Gasteiger charge is 2.41. The van der Waals surface area contributed by atoms with Gasteiger partial charge in [0.25, 0.3) is 5.91 Å². The van der Waals surface area contributed by atoms with Crippen molar-refractivity contribution >= 4 is 28.3 Å². The lowest BCUT2D eigenvalue weighted by molar-refractivity contribution is -0.120. The average molecular weight is 308 g/mol. The molecular weight excluding hydrogens is 288 g/mol. The second-order valence-corrected chi connectivity index (χ2v) is 6.77. The molecule has 1 amide bonds. The summed E-state index contributed by atoms with van der Waals surface area (Å²) < 4.78 is 0. The Morgan fingerprint density at radius 1 is 1.22 bits per heavy atom. The number of hydrogen-bond acceptors (Lipinski definition) is 4. The Bertz CT molecular complexity index is 793. The first-order chi connectivity index (χ1) is 11.1. The Labute approximate surface area is 135 Å². The van der Waals surface area contributed by atoms with Crippen molar-refractivity contribution in [1.29, 1.82) is 0 Å². The van der Waals surface area contributed by atoms with E-state index in [-0.39, 0.29) is 11.8 Å². The van der Waals surface area contributed by atoms with Crippen molar-refractivity contribution in [3.63, 3.8) is 0 Å². The van der Waals surface area contributed by atoms with Crippen LogP contribution in [0.4, 0.5) is 5.69 Å². The summed E-state index contributed by atoms with van der Waals surface area (Å²) in [6.45, 7) is 4.48. The van der Waals surface area contributed by atoms with Crippen LogP contribution in [0.3, 0.4) is 0 Å². The molecule has 0 saturated heterocycles. The summed E-state index contributed by atoms with van der Waals surface area (Å²) >= 11 is 0. The third-order valence-corrected chi connectivity index (χ3v) is 5.09. The van der Waals surface area contributed by atoms with Crippen molar-refractivity contribution in [2.45, 2.75) is 33.1 Å². The van der Waals surface area contributed by atoms with E-state index in [1.807, 2.05) is 18.2 Å². The quantitative estimate of drug-likeness (QED) is 0.854. The van der Waals surface area contributed by atoms with Crippen LogP contribution in [-0.2, 0) is 4.79 Å². The summed E-state index contributed by atoms with van der Waals surface area (Å²) in [6.07, 6.45) is 6.41. The first kappa shape index (κ1) is 14.3. The van der Waals surface area contributed by atoms with Crippen molar-refractivity contribution in [2.75, 3.05) is 5.01 Å². The maximum Gasteiger partial charge on any atom is 0.256 e. The number of rotatable bonds is 2. The Kier molecular flexibility index (Phi) is 3.36. The molecule has 0 radical (unpaired) electrons. The average Bonchev–Trinajstić information content (AvgIpc) is 2.90. The van der Waals surface area contributed by atoms with Gasteiger partial charge in [-0.2, -0.15) is 10.1 Å². The Morgan fingerprint density at radius 2 is 2.09 bits per heavy atom. The Balaban J connectivity index is 1.71. The van der Waals surface area contributed by atoms with Gasteiger partial charge in [-0.05, 0) is 49.3 Å². The maximum absolute atomic E-state index is 12.9. The molecule has 118 valence electrons. The van der Waals surface area contributed by atoms with E-state index < -0.39 is 0 Å². The topological polar surface area (TPSA) is 58.5 Å². The number of anilines is 1. The number of pyridine rings is 2. The van der Waals surface area contributed by atoms with Gasteiger partial charge in [-0.15, -0.1) is 0 Å². The Morgan fingerprint density at radius 3 is 2.91 bits per heavy atom. The molecule has 1 fully saturated rings. The van der Waals surface area contributed by atoms with Crippen LogP contribution in [0.2, 0.25) is 0 Å². The van der Waals surface area contributed by atoms with E-state index in [0.29, 0.717) is 11.8 Å². The van der Waals surface area contributed by atoms with E-state index in [1.165, 1.54) is 0 Å². The SMILES string of the molecule is CC(C)C1CCC2=NN(c3ccnc4cccnc34)C(=O)C2C1. The molecule has 2 atom stereocenters. The summed E-state index contributed by atoms with van der Waals surface area (Å²) in [5.74, 6) is 1.25. The molecule has 23 heavy (non-hydrogen) atoms. The number of carbonyl (C=O) groups is 1. The highest BCUT2D eigenvalue weighted by Crippen LogP contribution is 2.38. The molecule has 3 heterocycles. The summed E-state index contributed by atoms with van der Waals surface area (Å²) in [7, 11) is 0. The number of aromatic nitrogens is 2. The number of hydrogen-bond donors (Lipinski definition) is 0. The van der Waals surface area contributed by atoms with Gasteiger partial charge in [0, 0.05) is 12.4 Å². The molecule has 2 unspecified atom stereocenters. The third kappa shape index (κ3) is 2.31. The molecule has 5 nitrogen and oxygen atoms in total. The van der Waals surface area contributed by atoms with Crippen LogP contribution in [0.1, 0.15) is 33.1 Å². The van der Waals surface area contributed by atoms with Crippen LogP contribution in [0.5, 0.6) is 0 Å². The highest BCUT2D eigenvalue weighted by atomic mass is 16.2. The summed E-state index contributed by atoms with van der Waals surface area (Å²) in [5.41, 5.74) is 3.29. The van der Waals surface area contributed by atoms with Gasteiger partial charge >= 0.3 is 0 Å². The zero-order valence-corrected chi connectivity index (χ0v) is 13.4. The second-order valence-electron chi connectivity index (χ2n) is 6.77. The first-order valence-corrected chi connectivity index (χ1v) is 8.26. The van der Waals surface area contributed by atoms with Crippen LogP contribution in [0.15, 0.2) is 35.7 Å². The molecular formula is C18H20N4O. The normalized spacial score (nSPS) is 24.2. The number of fused-ring (bicyclic) bond motifs is 2. The Hall–Kier alpha value is -2.30. The summed E-state index contributed by atoms with van der Waals surface area (Å²) in [5, 5.41) is 6.19. The van der Waals surface area contributed by atoms with Gasteiger partial charge in [-0.1, -0.05) is 13.8 Å². The lowest BCUT2D eigenvalue weighted by Crippen LogP contribution is -2.33. The van der Waals surface area contributed by atoms with Crippen molar-refractivity contribution in [1.82, 2.24) is 9.97 Å². The fourth-order valence-electron chi connectivity index (χ4n) is 3.67. The molecule has 0 spiro atoms. The van der Waals surface area contributed by atoms with Crippen molar-refractivity contribution < 1.29 is 4.79 Å². The van der Waals surface area contributed by atoms with E-state index >= 15 is 0 Å². The van der Waals surface area contributed by atoms with Crippen LogP contribution < -0.4 is 5.01 Å². The number of hydrazone groups is 1. The fraction of sp³-hybridized carbons (Fsp3) is 0.444. The smallest absolute Gasteiger partial charge is 0.256 e. The van der Waals surface area contributed by atoms with Crippen molar-refractivity contribution in [3.05, 3.63) is 30.6 Å². The number of amides is 1. The van der Waals surface area contributed by atoms with Gasteiger partial charge in [0.15, 0.2) is 0 Å². The molecule has 1 saturated carbocycles. The predicted octanol–water partition coefficient (Wildman–Crippen LogP) is 3.40. The molecule has 5 heteroatoms. The molecule has 0 bridgehead atoms. The molecule has 2 aliphatic rings. The molecule has 0 N–H and O–H groups in total.